The second-order valence-corrected chi connectivity index (χ2v) is 7.73. The minimum Gasteiger partial charge on any atom is -0.356 e. The fourth-order valence-corrected chi connectivity index (χ4v) is 4.22. The van der Waals surface area contributed by atoms with E-state index in [0.717, 1.165) is 63.8 Å². The summed E-state index contributed by atoms with van der Waals surface area (Å²) in [5, 5.41) is 10.4. The first-order valence-corrected chi connectivity index (χ1v) is 10.4. The van der Waals surface area contributed by atoms with E-state index in [1.54, 1.807) is 6.33 Å². The number of benzene rings is 1. The van der Waals surface area contributed by atoms with Crippen LogP contribution in [-0.2, 0) is 17.9 Å². The molecule has 0 unspecified atom stereocenters. The SMILES string of the molecule is CN=C(NCCCC(=O)N1Cc2ccccc2C1)N1CCC(c2ncn[nH]2)CC1. The summed E-state index contributed by atoms with van der Waals surface area (Å²) < 4.78 is 0. The highest BCUT2D eigenvalue weighted by molar-refractivity contribution is 5.80. The molecule has 0 atom stereocenters. The molecule has 0 saturated carbocycles. The predicted molar refractivity (Wildman–Crippen MR) is 111 cm³/mol. The molecule has 2 aliphatic rings. The van der Waals surface area contributed by atoms with E-state index in [-0.39, 0.29) is 5.91 Å². The Morgan fingerprint density at radius 1 is 1.21 bits per heavy atom. The first-order valence-electron chi connectivity index (χ1n) is 10.4. The summed E-state index contributed by atoms with van der Waals surface area (Å²) in [5.41, 5.74) is 2.54. The third-order valence-electron chi connectivity index (χ3n) is 5.87. The van der Waals surface area contributed by atoms with Gasteiger partial charge in [-0.25, -0.2) is 4.98 Å². The maximum absolute atomic E-state index is 12.5. The van der Waals surface area contributed by atoms with E-state index in [9.17, 15) is 4.79 Å². The number of aromatic nitrogens is 3. The number of carbonyl (C=O) groups excluding carboxylic acids is 1. The van der Waals surface area contributed by atoms with Crippen molar-refractivity contribution in [2.24, 2.45) is 4.99 Å². The monoisotopic (exact) mass is 395 g/mol. The van der Waals surface area contributed by atoms with Crippen LogP contribution in [0.4, 0.5) is 0 Å². The smallest absolute Gasteiger partial charge is 0.223 e. The van der Waals surface area contributed by atoms with Crippen LogP contribution < -0.4 is 5.32 Å². The number of nitrogens with one attached hydrogen (secondary N) is 2. The molecule has 0 aliphatic carbocycles. The zero-order valence-corrected chi connectivity index (χ0v) is 17.0. The molecule has 1 aromatic heterocycles. The van der Waals surface area contributed by atoms with Crippen molar-refractivity contribution in [3.8, 4) is 0 Å². The zero-order valence-electron chi connectivity index (χ0n) is 17.0. The first kappa shape index (κ1) is 19.4. The number of hydrogen-bond acceptors (Lipinski definition) is 4. The molecule has 3 heterocycles. The maximum Gasteiger partial charge on any atom is 0.223 e. The molecule has 0 bridgehead atoms. The van der Waals surface area contributed by atoms with Gasteiger partial charge in [0.25, 0.3) is 0 Å². The molecule has 154 valence electrons. The molecule has 29 heavy (non-hydrogen) atoms. The van der Waals surface area contributed by atoms with Crippen LogP contribution in [0, 0.1) is 0 Å². The Labute approximate surface area is 171 Å². The van der Waals surface area contributed by atoms with Crippen LogP contribution >= 0.6 is 0 Å². The molecule has 1 saturated heterocycles. The molecule has 8 heteroatoms. The van der Waals surface area contributed by atoms with Gasteiger partial charge in [-0.05, 0) is 30.4 Å². The third kappa shape index (κ3) is 4.58. The van der Waals surface area contributed by atoms with Gasteiger partial charge in [-0.3, -0.25) is 14.9 Å². The highest BCUT2D eigenvalue weighted by Crippen LogP contribution is 2.25. The molecule has 2 aromatic rings. The number of fused-ring (bicyclic) bond motifs is 1. The van der Waals surface area contributed by atoms with Gasteiger partial charge in [-0.1, -0.05) is 24.3 Å². The number of likely N-dealkylation sites (tertiary alicyclic amines) is 1. The lowest BCUT2D eigenvalue weighted by Crippen LogP contribution is -2.45. The second-order valence-electron chi connectivity index (χ2n) is 7.73. The first-order chi connectivity index (χ1) is 14.2. The van der Waals surface area contributed by atoms with Gasteiger partial charge in [0.15, 0.2) is 5.96 Å². The van der Waals surface area contributed by atoms with Crippen molar-refractivity contribution < 1.29 is 4.79 Å². The van der Waals surface area contributed by atoms with E-state index >= 15 is 0 Å². The zero-order chi connectivity index (χ0) is 20.1. The van der Waals surface area contributed by atoms with E-state index in [1.807, 2.05) is 24.1 Å². The Hall–Kier alpha value is -2.90. The Bertz CT molecular complexity index is 815. The molecule has 1 aromatic carbocycles. The van der Waals surface area contributed by atoms with Crippen molar-refractivity contribution in [3.05, 3.63) is 47.5 Å². The van der Waals surface area contributed by atoms with Crippen LogP contribution in [0.3, 0.4) is 0 Å². The molecule has 1 fully saturated rings. The van der Waals surface area contributed by atoms with Crippen LogP contribution in [0.15, 0.2) is 35.6 Å². The van der Waals surface area contributed by atoms with Gasteiger partial charge in [0.1, 0.15) is 12.2 Å². The Morgan fingerprint density at radius 3 is 2.55 bits per heavy atom. The number of piperidine rings is 1. The predicted octanol–water partition coefficient (Wildman–Crippen LogP) is 1.88. The standard InChI is InChI=1S/C21H29N7O/c1-22-21(27-11-8-16(9-12-27)20-24-15-25-26-20)23-10-4-7-19(29)28-13-17-5-2-3-6-18(17)14-28/h2-3,5-6,15-16H,4,7-14H2,1H3,(H,22,23)(H,24,25,26). The van der Waals surface area contributed by atoms with E-state index in [2.05, 4.69) is 42.5 Å². The van der Waals surface area contributed by atoms with Crippen molar-refractivity contribution in [1.82, 2.24) is 30.3 Å². The average Bonchev–Trinajstić information content (AvgIpc) is 3.44. The lowest BCUT2D eigenvalue weighted by molar-refractivity contribution is -0.131. The number of aliphatic imine (C=N–C) groups is 1. The summed E-state index contributed by atoms with van der Waals surface area (Å²) in [6, 6.07) is 8.30. The normalized spacial score (nSPS) is 17.5. The Kier molecular flexibility index (Phi) is 6.07. The summed E-state index contributed by atoms with van der Waals surface area (Å²) in [6.45, 7) is 4.11. The van der Waals surface area contributed by atoms with Crippen LogP contribution in [0.2, 0.25) is 0 Å². The number of rotatable bonds is 5. The molecular weight excluding hydrogens is 366 g/mol. The third-order valence-corrected chi connectivity index (χ3v) is 5.87. The minimum atomic E-state index is 0.228. The van der Waals surface area contributed by atoms with Gasteiger partial charge in [-0.15, -0.1) is 0 Å². The van der Waals surface area contributed by atoms with E-state index in [0.29, 0.717) is 12.3 Å². The van der Waals surface area contributed by atoms with Crippen LogP contribution in [0.5, 0.6) is 0 Å². The lowest BCUT2D eigenvalue weighted by atomic mass is 9.96. The average molecular weight is 396 g/mol. The quantitative estimate of drug-likeness (QED) is 0.458. The largest absolute Gasteiger partial charge is 0.356 e. The van der Waals surface area contributed by atoms with Gasteiger partial charge in [0.05, 0.1) is 0 Å². The van der Waals surface area contributed by atoms with Gasteiger partial charge in [0, 0.05) is 52.1 Å². The number of aromatic amines is 1. The summed E-state index contributed by atoms with van der Waals surface area (Å²) in [7, 11) is 1.82. The number of H-pyrrole nitrogens is 1. The maximum atomic E-state index is 12.5. The van der Waals surface area contributed by atoms with Crippen molar-refractivity contribution in [3.63, 3.8) is 0 Å². The van der Waals surface area contributed by atoms with Gasteiger partial charge in [-0.2, -0.15) is 5.10 Å². The highest BCUT2D eigenvalue weighted by atomic mass is 16.2. The Balaban J connectivity index is 1.17. The summed E-state index contributed by atoms with van der Waals surface area (Å²) in [4.78, 5) is 25.5. The molecule has 4 rings (SSSR count). The fourth-order valence-electron chi connectivity index (χ4n) is 4.22. The van der Waals surface area contributed by atoms with Crippen LogP contribution in [0.1, 0.15) is 48.6 Å². The lowest BCUT2D eigenvalue weighted by Gasteiger charge is -2.33. The van der Waals surface area contributed by atoms with Crippen molar-refractivity contribution in [2.45, 2.75) is 44.7 Å². The summed E-state index contributed by atoms with van der Waals surface area (Å²) >= 11 is 0. The van der Waals surface area contributed by atoms with E-state index in [4.69, 9.17) is 0 Å². The highest BCUT2D eigenvalue weighted by Gasteiger charge is 2.25. The molecule has 0 radical (unpaired) electrons. The Morgan fingerprint density at radius 2 is 1.93 bits per heavy atom. The summed E-state index contributed by atoms with van der Waals surface area (Å²) in [6.07, 6.45) is 5.00. The van der Waals surface area contributed by atoms with Crippen LogP contribution in [-0.4, -0.2) is 63.5 Å². The molecule has 8 nitrogen and oxygen atoms in total. The number of carbonyl (C=O) groups is 1. The number of guanidine groups is 1. The molecule has 2 aliphatic heterocycles. The van der Waals surface area contributed by atoms with Crippen molar-refractivity contribution in [2.75, 3.05) is 26.7 Å². The topological polar surface area (TPSA) is 89.5 Å². The van der Waals surface area contributed by atoms with Gasteiger partial charge >= 0.3 is 0 Å². The second kappa shape index (κ2) is 9.07. The van der Waals surface area contributed by atoms with Crippen molar-refractivity contribution in [1.29, 1.82) is 0 Å². The molecule has 2 N–H and O–H groups in total. The van der Waals surface area contributed by atoms with Crippen molar-refractivity contribution >= 4 is 11.9 Å². The van der Waals surface area contributed by atoms with Crippen LogP contribution in [0.25, 0.3) is 0 Å². The molecule has 0 spiro atoms. The fraction of sp³-hybridized carbons (Fsp3) is 0.524. The van der Waals surface area contributed by atoms with Gasteiger partial charge in [0.2, 0.25) is 5.91 Å². The van der Waals surface area contributed by atoms with E-state index < -0.39 is 0 Å². The summed E-state index contributed by atoms with van der Waals surface area (Å²) in [5.74, 6) is 2.57. The minimum absolute atomic E-state index is 0.228. The number of hydrogen-bond donors (Lipinski definition) is 2. The molecule has 1 amide bonds. The van der Waals surface area contributed by atoms with E-state index in [1.165, 1.54) is 11.1 Å². The number of nitrogens with zero attached hydrogens (tertiary/aromatic N) is 5. The van der Waals surface area contributed by atoms with Gasteiger partial charge < -0.3 is 15.1 Å². The number of amides is 1. The molecular formula is C21H29N7O.